The first-order chi connectivity index (χ1) is 8.22. The Morgan fingerprint density at radius 1 is 1.35 bits per heavy atom. The van der Waals surface area contributed by atoms with Gasteiger partial charge in [-0.25, -0.2) is 0 Å². The fourth-order valence-electron chi connectivity index (χ4n) is 3.28. The number of nitrogens with zero attached hydrogens (tertiary/aromatic N) is 1. The monoisotopic (exact) mass is 240 g/mol. The molecule has 0 aromatic carbocycles. The van der Waals surface area contributed by atoms with Crippen molar-refractivity contribution in [1.82, 2.24) is 10.2 Å². The summed E-state index contributed by atoms with van der Waals surface area (Å²) >= 11 is 0. The van der Waals surface area contributed by atoms with Gasteiger partial charge >= 0.3 is 0 Å². The molecule has 2 aliphatic heterocycles. The van der Waals surface area contributed by atoms with Gasteiger partial charge in [0.15, 0.2) is 0 Å². The van der Waals surface area contributed by atoms with Crippen LogP contribution in [0, 0.1) is 11.8 Å². The van der Waals surface area contributed by atoms with Crippen LogP contribution >= 0.6 is 0 Å². The topological polar surface area (TPSA) is 24.5 Å². The molecule has 3 heteroatoms. The summed E-state index contributed by atoms with van der Waals surface area (Å²) in [5, 5.41) is 3.51. The highest BCUT2D eigenvalue weighted by molar-refractivity contribution is 4.86. The van der Waals surface area contributed by atoms with Crippen LogP contribution in [0.1, 0.15) is 33.1 Å². The fraction of sp³-hybridized carbons (Fsp3) is 1.00. The Morgan fingerprint density at radius 2 is 2.18 bits per heavy atom. The standard InChI is InChI=1S/C14H28N2O/c1-11-5-4-7-16(12(11)2)9-14(15-3)13-6-8-17-10-13/h11-15H,4-10H2,1-3H3. The first-order valence-electron chi connectivity index (χ1n) is 7.21. The third-order valence-electron chi connectivity index (χ3n) is 4.84. The number of likely N-dealkylation sites (tertiary alicyclic amines) is 1. The van der Waals surface area contributed by atoms with Crippen LogP contribution in [0.4, 0.5) is 0 Å². The zero-order valence-electron chi connectivity index (χ0n) is 11.6. The number of likely N-dealkylation sites (N-methyl/N-ethyl adjacent to an activating group) is 1. The number of rotatable bonds is 4. The van der Waals surface area contributed by atoms with Gasteiger partial charge in [0.05, 0.1) is 6.61 Å². The summed E-state index contributed by atoms with van der Waals surface area (Å²) in [6.45, 7) is 9.15. The quantitative estimate of drug-likeness (QED) is 0.810. The van der Waals surface area contributed by atoms with Gasteiger partial charge in [-0.2, -0.15) is 0 Å². The van der Waals surface area contributed by atoms with Crippen molar-refractivity contribution in [3.8, 4) is 0 Å². The summed E-state index contributed by atoms with van der Waals surface area (Å²) in [6, 6.07) is 1.34. The minimum absolute atomic E-state index is 0.602. The maximum atomic E-state index is 5.52. The van der Waals surface area contributed by atoms with E-state index in [1.54, 1.807) is 0 Å². The zero-order chi connectivity index (χ0) is 12.3. The van der Waals surface area contributed by atoms with E-state index in [0.29, 0.717) is 12.0 Å². The molecule has 0 aromatic rings. The van der Waals surface area contributed by atoms with Crippen LogP contribution in [-0.2, 0) is 4.74 Å². The normalized spacial score (nSPS) is 37.2. The molecule has 4 atom stereocenters. The van der Waals surface area contributed by atoms with E-state index < -0.39 is 0 Å². The van der Waals surface area contributed by atoms with E-state index in [1.807, 2.05) is 0 Å². The van der Waals surface area contributed by atoms with E-state index >= 15 is 0 Å². The summed E-state index contributed by atoms with van der Waals surface area (Å²) in [5.74, 6) is 1.56. The molecule has 2 aliphatic rings. The maximum absolute atomic E-state index is 5.52. The van der Waals surface area contributed by atoms with Crippen molar-refractivity contribution in [3.05, 3.63) is 0 Å². The van der Waals surface area contributed by atoms with E-state index in [-0.39, 0.29) is 0 Å². The summed E-state index contributed by atoms with van der Waals surface area (Å²) in [7, 11) is 2.10. The molecule has 0 radical (unpaired) electrons. The van der Waals surface area contributed by atoms with Gasteiger partial charge in [-0.15, -0.1) is 0 Å². The molecule has 0 aromatic heterocycles. The SMILES string of the molecule is CNC(CN1CCCC(C)C1C)C1CCOC1. The van der Waals surface area contributed by atoms with Crippen LogP contribution in [0.2, 0.25) is 0 Å². The number of hydrogen-bond donors (Lipinski definition) is 1. The van der Waals surface area contributed by atoms with Crippen molar-refractivity contribution in [3.63, 3.8) is 0 Å². The Balaban J connectivity index is 1.88. The molecule has 17 heavy (non-hydrogen) atoms. The molecule has 2 saturated heterocycles. The summed E-state index contributed by atoms with van der Waals surface area (Å²) in [4.78, 5) is 2.67. The van der Waals surface area contributed by atoms with Crippen molar-refractivity contribution in [1.29, 1.82) is 0 Å². The third kappa shape index (κ3) is 3.21. The largest absolute Gasteiger partial charge is 0.381 e. The summed E-state index contributed by atoms with van der Waals surface area (Å²) in [5.41, 5.74) is 0. The molecule has 100 valence electrons. The van der Waals surface area contributed by atoms with Crippen molar-refractivity contribution in [2.45, 2.75) is 45.2 Å². The lowest BCUT2D eigenvalue weighted by Gasteiger charge is -2.40. The van der Waals surface area contributed by atoms with E-state index in [4.69, 9.17) is 4.74 Å². The molecule has 0 aliphatic carbocycles. The summed E-state index contributed by atoms with van der Waals surface area (Å²) < 4.78 is 5.52. The predicted molar refractivity (Wildman–Crippen MR) is 71.2 cm³/mol. The van der Waals surface area contributed by atoms with Gasteiger partial charge < -0.3 is 10.1 Å². The molecule has 0 bridgehead atoms. The highest BCUT2D eigenvalue weighted by Crippen LogP contribution is 2.25. The second kappa shape index (κ2) is 6.17. The van der Waals surface area contributed by atoms with Gasteiger partial charge in [0.25, 0.3) is 0 Å². The molecule has 2 rings (SSSR count). The maximum Gasteiger partial charge on any atom is 0.0510 e. The molecule has 2 fully saturated rings. The van der Waals surface area contributed by atoms with Crippen LogP contribution in [0.15, 0.2) is 0 Å². The number of piperidine rings is 1. The second-order valence-electron chi connectivity index (χ2n) is 5.87. The lowest BCUT2D eigenvalue weighted by molar-refractivity contribution is 0.0895. The van der Waals surface area contributed by atoms with E-state index in [0.717, 1.165) is 25.2 Å². The van der Waals surface area contributed by atoms with Gasteiger partial charge in [0.1, 0.15) is 0 Å². The predicted octanol–water partition coefficient (Wildman–Crippen LogP) is 1.73. The minimum atomic E-state index is 0.602. The van der Waals surface area contributed by atoms with E-state index in [2.05, 4.69) is 31.1 Å². The molecular formula is C14H28N2O. The minimum Gasteiger partial charge on any atom is -0.381 e. The first-order valence-corrected chi connectivity index (χ1v) is 7.21. The Labute approximate surface area is 106 Å². The van der Waals surface area contributed by atoms with Crippen LogP contribution in [-0.4, -0.2) is 50.3 Å². The van der Waals surface area contributed by atoms with Gasteiger partial charge in [0, 0.05) is 31.2 Å². The van der Waals surface area contributed by atoms with E-state index in [1.165, 1.54) is 32.4 Å². The van der Waals surface area contributed by atoms with Crippen molar-refractivity contribution >= 4 is 0 Å². The van der Waals surface area contributed by atoms with Crippen LogP contribution in [0.3, 0.4) is 0 Å². The number of nitrogens with one attached hydrogen (secondary N) is 1. The molecule has 0 spiro atoms. The second-order valence-corrected chi connectivity index (χ2v) is 5.87. The molecule has 3 nitrogen and oxygen atoms in total. The number of ether oxygens (including phenoxy) is 1. The average molecular weight is 240 g/mol. The van der Waals surface area contributed by atoms with Gasteiger partial charge in [0.2, 0.25) is 0 Å². The molecule has 1 N–H and O–H groups in total. The molecule has 0 amide bonds. The molecule has 4 unspecified atom stereocenters. The van der Waals surface area contributed by atoms with Crippen molar-refractivity contribution in [2.75, 3.05) is 33.4 Å². The Morgan fingerprint density at radius 3 is 2.82 bits per heavy atom. The van der Waals surface area contributed by atoms with Crippen LogP contribution in [0.25, 0.3) is 0 Å². The average Bonchev–Trinajstić information content (AvgIpc) is 2.85. The molecule has 2 heterocycles. The zero-order valence-corrected chi connectivity index (χ0v) is 11.6. The molecular weight excluding hydrogens is 212 g/mol. The fourth-order valence-corrected chi connectivity index (χ4v) is 3.28. The van der Waals surface area contributed by atoms with Crippen LogP contribution in [0.5, 0.6) is 0 Å². The highest BCUT2D eigenvalue weighted by atomic mass is 16.5. The lowest BCUT2D eigenvalue weighted by atomic mass is 9.90. The van der Waals surface area contributed by atoms with Gasteiger partial charge in [-0.3, -0.25) is 4.90 Å². The lowest BCUT2D eigenvalue weighted by Crippen LogP contribution is -2.51. The Bertz CT molecular complexity index is 226. The first kappa shape index (κ1) is 13.3. The number of hydrogen-bond acceptors (Lipinski definition) is 3. The van der Waals surface area contributed by atoms with E-state index in [9.17, 15) is 0 Å². The Kier molecular flexibility index (Phi) is 4.83. The van der Waals surface area contributed by atoms with Crippen molar-refractivity contribution < 1.29 is 4.74 Å². The summed E-state index contributed by atoms with van der Waals surface area (Å²) in [6.07, 6.45) is 3.99. The molecule has 0 saturated carbocycles. The highest BCUT2D eigenvalue weighted by Gasteiger charge is 2.30. The van der Waals surface area contributed by atoms with Crippen molar-refractivity contribution in [2.24, 2.45) is 11.8 Å². The Hall–Kier alpha value is -0.120. The van der Waals surface area contributed by atoms with Crippen LogP contribution < -0.4 is 5.32 Å². The van der Waals surface area contributed by atoms with Gasteiger partial charge in [-0.05, 0) is 45.7 Å². The third-order valence-corrected chi connectivity index (χ3v) is 4.84. The van der Waals surface area contributed by atoms with Gasteiger partial charge in [-0.1, -0.05) is 6.92 Å². The smallest absolute Gasteiger partial charge is 0.0510 e.